The molecule has 0 fully saturated rings. The summed E-state index contributed by atoms with van der Waals surface area (Å²) in [4.78, 5) is 0. The molecule has 0 saturated carbocycles. The van der Waals surface area contributed by atoms with E-state index in [9.17, 15) is 0 Å². The highest BCUT2D eigenvalue weighted by atomic mass is 79.9. The van der Waals surface area contributed by atoms with Crippen LogP contribution in [0.25, 0.3) is 0 Å². The summed E-state index contributed by atoms with van der Waals surface area (Å²) in [5.41, 5.74) is 1.02. The van der Waals surface area contributed by atoms with Crippen molar-refractivity contribution in [2.45, 2.75) is 20.1 Å². The lowest BCUT2D eigenvalue weighted by Crippen LogP contribution is -2.26. The van der Waals surface area contributed by atoms with Gasteiger partial charge in [0.2, 0.25) is 0 Å². The van der Waals surface area contributed by atoms with Crippen LogP contribution in [0.2, 0.25) is 0 Å². The fourth-order valence-corrected chi connectivity index (χ4v) is 2.11. The normalized spacial score (nSPS) is 10.9. The van der Waals surface area contributed by atoms with Gasteiger partial charge in [-0.1, -0.05) is 15.9 Å². The lowest BCUT2D eigenvalue weighted by Gasteiger charge is -2.18. The number of hydrogen-bond donors (Lipinski definition) is 1. The predicted octanol–water partition coefficient (Wildman–Crippen LogP) is 4.02. The molecular weight excluding hydrogens is 350 g/mol. The summed E-state index contributed by atoms with van der Waals surface area (Å²) in [6, 6.07) is 5.99. The monoisotopic (exact) mass is 365 g/mol. The van der Waals surface area contributed by atoms with Crippen molar-refractivity contribution < 1.29 is 9.47 Å². The first-order valence-electron chi connectivity index (χ1n) is 5.59. The predicted molar refractivity (Wildman–Crippen MR) is 77.4 cm³/mol. The minimum Gasteiger partial charge on any atom is -0.379 e. The Labute approximate surface area is 119 Å². The van der Waals surface area contributed by atoms with E-state index in [0.717, 1.165) is 14.6 Å². The molecule has 0 aliphatic heterocycles. The lowest BCUT2D eigenvalue weighted by atomic mass is 10.3. The fraction of sp³-hybridized carbons (Fsp3) is 0.500. The molecule has 5 heteroatoms. The van der Waals surface area contributed by atoms with E-state index in [0.29, 0.717) is 19.8 Å². The van der Waals surface area contributed by atoms with Crippen molar-refractivity contribution >= 4 is 37.5 Å². The molecule has 0 aliphatic carbocycles. The summed E-state index contributed by atoms with van der Waals surface area (Å²) >= 11 is 6.94. The van der Waals surface area contributed by atoms with Crippen molar-refractivity contribution in [3.63, 3.8) is 0 Å². The molecule has 1 N–H and O–H groups in total. The van der Waals surface area contributed by atoms with E-state index in [1.807, 2.05) is 32.0 Å². The molecule has 0 heterocycles. The van der Waals surface area contributed by atoms with Crippen LogP contribution in [0.15, 0.2) is 27.1 Å². The van der Waals surface area contributed by atoms with E-state index in [2.05, 4.69) is 37.2 Å². The Morgan fingerprint density at radius 1 is 1.18 bits per heavy atom. The number of rotatable bonds is 7. The van der Waals surface area contributed by atoms with Crippen LogP contribution in [0.4, 0.5) is 5.69 Å². The second kappa shape index (κ2) is 8.08. The Kier molecular flexibility index (Phi) is 7.11. The molecule has 0 aromatic heterocycles. The molecule has 1 rings (SSSR count). The van der Waals surface area contributed by atoms with Crippen molar-refractivity contribution in [2.24, 2.45) is 0 Å². The highest BCUT2D eigenvalue weighted by molar-refractivity contribution is 9.11. The molecule has 0 unspecified atom stereocenters. The van der Waals surface area contributed by atoms with Crippen LogP contribution >= 0.6 is 31.9 Å². The maximum Gasteiger partial charge on any atom is 0.174 e. The molecule has 96 valence electrons. The molecule has 0 amide bonds. The molecular formula is C12H17Br2NO2. The van der Waals surface area contributed by atoms with Crippen molar-refractivity contribution in [2.75, 3.05) is 25.1 Å². The molecule has 3 nitrogen and oxygen atoms in total. The summed E-state index contributed by atoms with van der Waals surface area (Å²) in [6.07, 6.45) is -0.212. The summed E-state index contributed by atoms with van der Waals surface area (Å²) < 4.78 is 13.0. The number of halogens is 2. The second-order valence-electron chi connectivity index (χ2n) is 3.35. The van der Waals surface area contributed by atoms with Gasteiger partial charge in [-0.15, -0.1) is 0 Å². The topological polar surface area (TPSA) is 30.5 Å². The van der Waals surface area contributed by atoms with Crippen LogP contribution in [0.1, 0.15) is 13.8 Å². The van der Waals surface area contributed by atoms with Crippen molar-refractivity contribution in [3.8, 4) is 0 Å². The van der Waals surface area contributed by atoms with E-state index >= 15 is 0 Å². The highest BCUT2D eigenvalue weighted by Crippen LogP contribution is 2.26. The van der Waals surface area contributed by atoms with Gasteiger partial charge in [-0.2, -0.15) is 0 Å². The van der Waals surface area contributed by atoms with Gasteiger partial charge in [0.1, 0.15) is 0 Å². The first-order valence-corrected chi connectivity index (χ1v) is 7.18. The van der Waals surface area contributed by atoms with Gasteiger partial charge in [-0.05, 0) is 48.0 Å². The van der Waals surface area contributed by atoms with Gasteiger partial charge in [0, 0.05) is 27.8 Å². The third kappa shape index (κ3) is 5.38. The molecule has 0 bridgehead atoms. The zero-order valence-corrected chi connectivity index (χ0v) is 13.2. The second-order valence-corrected chi connectivity index (χ2v) is 5.12. The van der Waals surface area contributed by atoms with Crippen LogP contribution in [0.5, 0.6) is 0 Å². The van der Waals surface area contributed by atoms with Crippen LogP contribution < -0.4 is 5.32 Å². The molecule has 0 spiro atoms. The van der Waals surface area contributed by atoms with Crippen LogP contribution in [-0.2, 0) is 9.47 Å². The molecule has 1 aromatic carbocycles. The van der Waals surface area contributed by atoms with E-state index in [-0.39, 0.29) is 6.29 Å². The van der Waals surface area contributed by atoms with Crippen molar-refractivity contribution in [1.82, 2.24) is 0 Å². The molecule has 0 radical (unpaired) electrons. The van der Waals surface area contributed by atoms with Crippen molar-refractivity contribution in [1.29, 1.82) is 0 Å². The summed E-state index contributed by atoms with van der Waals surface area (Å²) in [5.74, 6) is 0. The minimum absolute atomic E-state index is 0.212. The Bertz CT molecular complexity index is 341. The van der Waals surface area contributed by atoms with Gasteiger partial charge in [0.25, 0.3) is 0 Å². The third-order valence-electron chi connectivity index (χ3n) is 2.09. The first kappa shape index (κ1) is 15.0. The summed E-state index contributed by atoms with van der Waals surface area (Å²) in [5, 5.41) is 3.30. The zero-order valence-electron chi connectivity index (χ0n) is 10.0. The Morgan fingerprint density at radius 2 is 1.82 bits per heavy atom. The first-order chi connectivity index (χ1) is 8.17. The SMILES string of the molecule is CCOC(CNc1cc(Br)ccc1Br)OCC. The largest absolute Gasteiger partial charge is 0.379 e. The van der Waals surface area contributed by atoms with Gasteiger partial charge in [0.05, 0.1) is 6.54 Å². The smallest absolute Gasteiger partial charge is 0.174 e. The molecule has 0 aliphatic rings. The number of benzene rings is 1. The van der Waals surface area contributed by atoms with Gasteiger partial charge >= 0.3 is 0 Å². The minimum atomic E-state index is -0.212. The quantitative estimate of drug-likeness (QED) is 0.739. The Hall–Kier alpha value is -0.100. The Balaban J connectivity index is 2.55. The number of nitrogens with one attached hydrogen (secondary N) is 1. The zero-order chi connectivity index (χ0) is 12.7. The molecule has 0 saturated heterocycles. The Morgan fingerprint density at radius 3 is 2.41 bits per heavy atom. The maximum absolute atomic E-state index is 5.46. The van der Waals surface area contributed by atoms with E-state index in [1.54, 1.807) is 0 Å². The molecule has 1 aromatic rings. The van der Waals surface area contributed by atoms with Gasteiger partial charge in [-0.25, -0.2) is 0 Å². The molecule has 17 heavy (non-hydrogen) atoms. The maximum atomic E-state index is 5.46. The standard InChI is InChI=1S/C12H17Br2NO2/c1-3-16-12(17-4-2)8-15-11-7-9(13)5-6-10(11)14/h5-7,12,15H,3-4,8H2,1-2H3. The third-order valence-corrected chi connectivity index (χ3v) is 3.28. The van der Waals surface area contributed by atoms with Gasteiger partial charge < -0.3 is 14.8 Å². The van der Waals surface area contributed by atoms with Crippen LogP contribution in [0, 0.1) is 0 Å². The fourth-order valence-electron chi connectivity index (χ4n) is 1.36. The summed E-state index contributed by atoms with van der Waals surface area (Å²) in [6.45, 7) is 5.83. The highest BCUT2D eigenvalue weighted by Gasteiger charge is 2.08. The average molecular weight is 367 g/mol. The lowest BCUT2D eigenvalue weighted by molar-refractivity contribution is -0.126. The van der Waals surface area contributed by atoms with E-state index < -0.39 is 0 Å². The number of hydrogen-bond acceptors (Lipinski definition) is 3. The number of anilines is 1. The van der Waals surface area contributed by atoms with E-state index in [4.69, 9.17) is 9.47 Å². The van der Waals surface area contributed by atoms with Crippen LogP contribution in [0.3, 0.4) is 0 Å². The van der Waals surface area contributed by atoms with Crippen LogP contribution in [-0.4, -0.2) is 26.0 Å². The number of ether oxygens (including phenoxy) is 2. The van der Waals surface area contributed by atoms with Crippen molar-refractivity contribution in [3.05, 3.63) is 27.1 Å². The summed E-state index contributed by atoms with van der Waals surface area (Å²) in [7, 11) is 0. The van der Waals surface area contributed by atoms with Gasteiger partial charge in [-0.3, -0.25) is 0 Å². The van der Waals surface area contributed by atoms with Gasteiger partial charge in [0.15, 0.2) is 6.29 Å². The average Bonchev–Trinajstić information content (AvgIpc) is 2.30. The van der Waals surface area contributed by atoms with E-state index in [1.165, 1.54) is 0 Å². The molecule has 0 atom stereocenters.